The van der Waals surface area contributed by atoms with Crippen LogP contribution in [0, 0.1) is 6.92 Å². The number of hydrogen-bond acceptors (Lipinski definition) is 3. The van der Waals surface area contributed by atoms with Crippen LogP contribution in [0.2, 0.25) is 0 Å². The van der Waals surface area contributed by atoms with E-state index >= 15 is 0 Å². The van der Waals surface area contributed by atoms with Gasteiger partial charge in [0.25, 0.3) is 0 Å². The third-order valence-corrected chi connectivity index (χ3v) is 6.04. The van der Waals surface area contributed by atoms with Crippen LogP contribution in [0.15, 0.2) is 41.1 Å². The van der Waals surface area contributed by atoms with Crippen LogP contribution in [0.4, 0.5) is 0 Å². The monoisotopic (exact) mass is 321 g/mol. The summed E-state index contributed by atoms with van der Waals surface area (Å²) >= 11 is 1.67. The molecule has 1 aromatic heterocycles. The Bertz CT molecular complexity index is 716. The van der Waals surface area contributed by atoms with Crippen molar-refractivity contribution in [3.05, 3.63) is 57.8 Å². The first-order chi connectivity index (χ1) is 9.99. The number of benzene rings is 1. The van der Waals surface area contributed by atoms with Gasteiger partial charge >= 0.3 is 0 Å². The van der Waals surface area contributed by atoms with Crippen LogP contribution in [0.1, 0.15) is 29.5 Å². The summed E-state index contributed by atoms with van der Waals surface area (Å²) in [5.41, 5.74) is 3.23. The second kappa shape index (κ2) is 5.55. The van der Waals surface area contributed by atoms with Crippen molar-refractivity contribution in [2.45, 2.75) is 30.9 Å². The molecule has 1 aromatic carbocycles. The fourth-order valence-electron chi connectivity index (χ4n) is 2.61. The molecule has 0 bridgehead atoms. The van der Waals surface area contributed by atoms with E-state index in [0.717, 1.165) is 24.0 Å². The second-order valence-corrected chi connectivity index (χ2v) is 8.45. The van der Waals surface area contributed by atoms with E-state index in [9.17, 15) is 8.42 Å². The highest BCUT2D eigenvalue weighted by Gasteiger charge is 2.44. The smallest absolute Gasteiger partial charge is 0.214 e. The molecule has 1 N–H and O–H groups in total. The molecule has 1 aliphatic rings. The third-order valence-electron chi connectivity index (χ3n) is 4.06. The van der Waals surface area contributed by atoms with Gasteiger partial charge in [-0.3, -0.25) is 0 Å². The molecule has 1 heterocycles. The summed E-state index contributed by atoms with van der Waals surface area (Å²) in [7, 11) is -3.28. The summed E-state index contributed by atoms with van der Waals surface area (Å²) in [6.45, 7) is 2.48. The fraction of sp³-hybridized carbons (Fsp3) is 0.375. The standard InChI is InChI=1S/C16H19NO2S2/c1-13-3-2-4-14(9-13)11-21(18,19)17-12-16(6-7-16)15-5-8-20-10-15/h2-5,8-10,17H,6-7,11-12H2,1H3. The summed E-state index contributed by atoms with van der Waals surface area (Å²) in [6.07, 6.45) is 2.13. The molecule has 3 rings (SSSR count). The van der Waals surface area contributed by atoms with Gasteiger partial charge < -0.3 is 0 Å². The van der Waals surface area contributed by atoms with E-state index < -0.39 is 10.0 Å². The Morgan fingerprint density at radius 3 is 2.71 bits per heavy atom. The molecule has 21 heavy (non-hydrogen) atoms. The zero-order chi connectivity index (χ0) is 14.9. The lowest BCUT2D eigenvalue weighted by Crippen LogP contribution is -2.33. The fourth-order valence-corrected chi connectivity index (χ4v) is 4.60. The van der Waals surface area contributed by atoms with E-state index in [0.29, 0.717) is 6.54 Å². The molecule has 0 radical (unpaired) electrons. The maximum Gasteiger partial charge on any atom is 0.215 e. The van der Waals surface area contributed by atoms with E-state index in [1.165, 1.54) is 5.56 Å². The number of aryl methyl sites for hydroxylation is 1. The molecule has 0 unspecified atom stereocenters. The first-order valence-corrected chi connectivity index (χ1v) is 9.64. The van der Waals surface area contributed by atoms with Crippen LogP contribution in [-0.4, -0.2) is 15.0 Å². The van der Waals surface area contributed by atoms with Crippen molar-refractivity contribution in [1.29, 1.82) is 0 Å². The lowest BCUT2D eigenvalue weighted by Gasteiger charge is -2.15. The predicted octanol–water partition coefficient (Wildman–Crippen LogP) is 3.21. The molecular formula is C16H19NO2S2. The van der Waals surface area contributed by atoms with E-state index in [1.807, 2.05) is 31.2 Å². The lowest BCUT2D eigenvalue weighted by atomic mass is 10.0. The van der Waals surface area contributed by atoms with Gasteiger partial charge in [-0.25, -0.2) is 13.1 Å². The van der Waals surface area contributed by atoms with Crippen molar-refractivity contribution >= 4 is 21.4 Å². The second-order valence-electron chi connectivity index (χ2n) is 5.86. The van der Waals surface area contributed by atoms with Crippen LogP contribution in [0.3, 0.4) is 0 Å². The molecule has 0 amide bonds. The van der Waals surface area contributed by atoms with E-state index in [-0.39, 0.29) is 11.2 Å². The number of hydrogen-bond donors (Lipinski definition) is 1. The van der Waals surface area contributed by atoms with Gasteiger partial charge in [-0.1, -0.05) is 29.8 Å². The van der Waals surface area contributed by atoms with Crippen molar-refractivity contribution in [1.82, 2.24) is 4.72 Å². The minimum absolute atomic E-state index is 0.0413. The average Bonchev–Trinajstić information content (AvgIpc) is 3.01. The molecule has 0 atom stereocenters. The maximum absolute atomic E-state index is 12.2. The van der Waals surface area contributed by atoms with Gasteiger partial charge in [-0.2, -0.15) is 11.3 Å². The number of nitrogens with one attached hydrogen (secondary N) is 1. The Morgan fingerprint density at radius 2 is 2.10 bits per heavy atom. The normalized spacial score (nSPS) is 16.8. The zero-order valence-corrected chi connectivity index (χ0v) is 13.6. The van der Waals surface area contributed by atoms with Crippen molar-refractivity contribution in [3.8, 4) is 0 Å². The van der Waals surface area contributed by atoms with Gasteiger partial charge in [0.2, 0.25) is 10.0 Å². The highest BCUT2D eigenvalue weighted by molar-refractivity contribution is 7.88. The topological polar surface area (TPSA) is 46.2 Å². The number of thiophene rings is 1. The van der Waals surface area contributed by atoms with E-state index in [2.05, 4.69) is 21.5 Å². The van der Waals surface area contributed by atoms with E-state index in [1.54, 1.807) is 11.3 Å². The van der Waals surface area contributed by atoms with Gasteiger partial charge in [-0.05, 0) is 47.7 Å². The highest BCUT2D eigenvalue weighted by Crippen LogP contribution is 2.48. The SMILES string of the molecule is Cc1cccc(CS(=O)(=O)NCC2(c3ccsc3)CC2)c1. The predicted molar refractivity (Wildman–Crippen MR) is 87.0 cm³/mol. The molecular weight excluding hydrogens is 302 g/mol. The summed E-state index contributed by atoms with van der Waals surface area (Å²) in [5.74, 6) is 0.0500. The Hall–Kier alpha value is -1.17. The maximum atomic E-state index is 12.2. The molecule has 0 spiro atoms. The average molecular weight is 321 g/mol. The third kappa shape index (κ3) is 3.54. The van der Waals surface area contributed by atoms with Crippen LogP contribution >= 0.6 is 11.3 Å². The van der Waals surface area contributed by atoms with E-state index in [4.69, 9.17) is 0 Å². The minimum atomic E-state index is -3.28. The van der Waals surface area contributed by atoms with Crippen molar-refractivity contribution in [2.24, 2.45) is 0 Å². The molecule has 0 aliphatic heterocycles. The Morgan fingerprint density at radius 1 is 1.29 bits per heavy atom. The van der Waals surface area contributed by atoms with Gasteiger partial charge in [-0.15, -0.1) is 0 Å². The van der Waals surface area contributed by atoms with Crippen molar-refractivity contribution in [2.75, 3.05) is 6.54 Å². The lowest BCUT2D eigenvalue weighted by molar-refractivity contribution is 0.566. The Kier molecular flexibility index (Phi) is 3.90. The number of sulfonamides is 1. The highest BCUT2D eigenvalue weighted by atomic mass is 32.2. The van der Waals surface area contributed by atoms with Gasteiger partial charge in [0.1, 0.15) is 0 Å². The summed E-state index contributed by atoms with van der Waals surface area (Å²) in [6, 6.07) is 9.75. The number of rotatable bonds is 6. The molecule has 1 fully saturated rings. The summed E-state index contributed by atoms with van der Waals surface area (Å²) in [4.78, 5) is 0. The molecule has 2 aromatic rings. The zero-order valence-electron chi connectivity index (χ0n) is 12.0. The van der Waals surface area contributed by atoms with Gasteiger partial charge in [0, 0.05) is 12.0 Å². The largest absolute Gasteiger partial charge is 0.215 e. The van der Waals surface area contributed by atoms with Gasteiger partial charge in [0.05, 0.1) is 5.75 Å². The molecule has 0 saturated heterocycles. The molecule has 1 aliphatic carbocycles. The molecule has 5 heteroatoms. The Balaban J connectivity index is 1.65. The van der Waals surface area contributed by atoms with Crippen LogP contribution in [-0.2, 0) is 21.2 Å². The summed E-state index contributed by atoms with van der Waals surface area (Å²) in [5, 5.41) is 4.18. The quantitative estimate of drug-likeness (QED) is 0.888. The Labute approximate surface area is 130 Å². The molecule has 3 nitrogen and oxygen atoms in total. The first kappa shape index (κ1) is 14.8. The summed E-state index contributed by atoms with van der Waals surface area (Å²) < 4.78 is 27.3. The molecule has 1 saturated carbocycles. The van der Waals surface area contributed by atoms with Crippen molar-refractivity contribution in [3.63, 3.8) is 0 Å². The van der Waals surface area contributed by atoms with Crippen LogP contribution in [0.25, 0.3) is 0 Å². The van der Waals surface area contributed by atoms with Crippen LogP contribution in [0.5, 0.6) is 0 Å². The van der Waals surface area contributed by atoms with Crippen LogP contribution < -0.4 is 4.72 Å². The van der Waals surface area contributed by atoms with Gasteiger partial charge in [0.15, 0.2) is 0 Å². The molecule has 112 valence electrons. The minimum Gasteiger partial charge on any atom is -0.214 e. The first-order valence-electron chi connectivity index (χ1n) is 7.05. The van der Waals surface area contributed by atoms with Crippen molar-refractivity contribution < 1.29 is 8.42 Å².